The molecule has 1 saturated heterocycles. The Hall–Kier alpha value is -3.12. The zero-order valence-electron chi connectivity index (χ0n) is 15.1. The van der Waals surface area contributed by atoms with Crippen LogP contribution in [0.2, 0.25) is 0 Å². The smallest absolute Gasteiger partial charge is 0.363 e. The Bertz CT molecular complexity index is 879. The van der Waals surface area contributed by atoms with E-state index in [9.17, 15) is 4.79 Å². The molecule has 6 heteroatoms. The van der Waals surface area contributed by atoms with Gasteiger partial charge in [0.1, 0.15) is 5.75 Å². The Morgan fingerprint density at radius 3 is 2.41 bits per heavy atom. The molecule has 27 heavy (non-hydrogen) atoms. The van der Waals surface area contributed by atoms with Gasteiger partial charge in [0.2, 0.25) is 5.90 Å². The van der Waals surface area contributed by atoms with Crippen LogP contribution in [0, 0.1) is 0 Å². The van der Waals surface area contributed by atoms with Crippen LogP contribution in [-0.2, 0) is 14.3 Å². The first-order valence-electron chi connectivity index (χ1n) is 8.83. The standard InChI is InChI=1S/C21H20N2O4/c1-25-18-8-4-16(5-9-18)20-22-19(21(24)27-20)14-15-2-6-17(7-3-15)23-10-12-26-13-11-23/h2-9,14H,10-13H2,1H3/b19-14+. The number of anilines is 1. The maximum atomic E-state index is 12.1. The molecule has 2 aromatic rings. The zero-order chi connectivity index (χ0) is 18.6. The van der Waals surface area contributed by atoms with Crippen LogP contribution in [0.1, 0.15) is 11.1 Å². The lowest BCUT2D eigenvalue weighted by atomic mass is 10.1. The van der Waals surface area contributed by atoms with Crippen molar-refractivity contribution in [1.82, 2.24) is 0 Å². The average Bonchev–Trinajstić information content (AvgIpc) is 3.09. The predicted octanol–water partition coefficient (Wildman–Crippen LogP) is 2.88. The van der Waals surface area contributed by atoms with E-state index in [1.807, 2.05) is 36.4 Å². The summed E-state index contributed by atoms with van der Waals surface area (Å²) in [6, 6.07) is 15.3. The van der Waals surface area contributed by atoms with E-state index in [-0.39, 0.29) is 0 Å². The van der Waals surface area contributed by atoms with Crippen molar-refractivity contribution in [1.29, 1.82) is 0 Å². The fraction of sp³-hybridized carbons (Fsp3) is 0.238. The van der Waals surface area contributed by atoms with Crippen molar-refractivity contribution in [2.45, 2.75) is 0 Å². The minimum absolute atomic E-state index is 0.292. The highest BCUT2D eigenvalue weighted by molar-refractivity contribution is 6.12. The van der Waals surface area contributed by atoms with Crippen LogP contribution in [0.5, 0.6) is 5.75 Å². The zero-order valence-corrected chi connectivity index (χ0v) is 15.1. The average molecular weight is 364 g/mol. The van der Waals surface area contributed by atoms with Crippen LogP contribution in [-0.4, -0.2) is 45.3 Å². The van der Waals surface area contributed by atoms with Crippen molar-refractivity contribution in [2.75, 3.05) is 38.3 Å². The van der Waals surface area contributed by atoms with Gasteiger partial charge in [-0.3, -0.25) is 0 Å². The van der Waals surface area contributed by atoms with Crippen LogP contribution >= 0.6 is 0 Å². The lowest BCUT2D eigenvalue weighted by Crippen LogP contribution is -2.36. The first-order valence-corrected chi connectivity index (χ1v) is 8.83. The summed E-state index contributed by atoms with van der Waals surface area (Å²) in [5, 5.41) is 0. The molecule has 0 radical (unpaired) electrons. The van der Waals surface area contributed by atoms with Gasteiger partial charge in [-0.05, 0) is 48.0 Å². The van der Waals surface area contributed by atoms with Gasteiger partial charge in [0.05, 0.1) is 20.3 Å². The summed E-state index contributed by atoms with van der Waals surface area (Å²) in [4.78, 5) is 18.8. The monoisotopic (exact) mass is 364 g/mol. The summed E-state index contributed by atoms with van der Waals surface area (Å²) in [5.74, 6) is 0.594. The molecule has 0 bridgehead atoms. The van der Waals surface area contributed by atoms with Gasteiger partial charge in [-0.1, -0.05) is 12.1 Å². The van der Waals surface area contributed by atoms with Gasteiger partial charge < -0.3 is 19.1 Å². The number of morpholine rings is 1. The highest BCUT2D eigenvalue weighted by atomic mass is 16.6. The number of carbonyl (C=O) groups is 1. The van der Waals surface area contributed by atoms with Crippen LogP contribution in [0.4, 0.5) is 5.69 Å². The summed E-state index contributed by atoms with van der Waals surface area (Å²) < 4.78 is 15.8. The van der Waals surface area contributed by atoms with Gasteiger partial charge >= 0.3 is 5.97 Å². The van der Waals surface area contributed by atoms with Crippen molar-refractivity contribution in [2.24, 2.45) is 4.99 Å². The highest BCUT2D eigenvalue weighted by Crippen LogP contribution is 2.22. The second-order valence-corrected chi connectivity index (χ2v) is 6.26. The molecule has 0 saturated carbocycles. The summed E-state index contributed by atoms with van der Waals surface area (Å²) in [6.07, 6.45) is 1.74. The Morgan fingerprint density at radius 2 is 1.74 bits per heavy atom. The third-order valence-corrected chi connectivity index (χ3v) is 4.53. The van der Waals surface area contributed by atoms with E-state index >= 15 is 0 Å². The van der Waals surface area contributed by atoms with Crippen molar-refractivity contribution < 1.29 is 19.0 Å². The fourth-order valence-electron chi connectivity index (χ4n) is 3.03. The van der Waals surface area contributed by atoms with Crippen molar-refractivity contribution in [3.05, 3.63) is 65.4 Å². The number of benzene rings is 2. The number of aliphatic imine (C=N–C) groups is 1. The maximum Gasteiger partial charge on any atom is 0.363 e. The number of cyclic esters (lactones) is 1. The number of hydrogen-bond donors (Lipinski definition) is 0. The third kappa shape index (κ3) is 3.85. The molecule has 0 aliphatic carbocycles. The van der Waals surface area contributed by atoms with Crippen molar-refractivity contribution in [3.63, 3.8) is 0 Å². The summed E-state index contributed by atoms with van der Waals surface area (Å²) >= 11 is 0. The molecular formula is C21H20N2O4. The van der Waals surface area contributed by atoms with E-state index in [1.54, 1.807) is 25.3 Å². The molecule has 138 valence electrons. The summed E-state index contributed by atoms with van der Waals surface area (Å²) in [5.41, 5.74) is 3.07. The maximum absolute atomic E-state index is 12.1. The van der Waals surface area contributed by atoms with E-state index < -0.39 is 5.97 Å². The van der Waals surface area contributed by atoms with E-state index in [0.29, 0.717) is 11.6 Å². The van der Waals surface area contributed by atoms with E-state index in [2.05, 4.69) is 9.89 Å². The molecule has 0 N–H and O–H groups in total. The number of ether oxygens (including phenoxy) is 3. The lowest BCUT2D eigenvalue weighted by Gasteiger charge is -2.28. The minimum atomic E-state index is -0.446. The van der Waals surface area contributed by atoms with E-state index in [4.69, 9.17) is 14.2 Å². The normalized spacial score (nSPS) is 18.4. The second-order valence-electron chi connectivity index (χ2n) is 6.26. The first kappa shape index (κ1) is 17.3. The summed E-state index contributed by atoms with van der Waals surface area (Å²) in [6.45, 7) is 3.28. The van der Waals surface area contributed by atoms with Crippen LogP contribution in [0.25, 0.3) is 6.08 Å². The number of hydrogen-bond acceptors (Lipinski definition) is 6. The van der Waals surface area contributed by atoms with Gasteiger partial charge in [0.15, 0.2) is 5.70 Å². The Kier molecular flexibility index (Phi) is 4.89. The Labute approximate surface area is 157 Å². The SMILES string of the molecule is COc1ccc(C2=N/C(=C/c3ccc(N4CCOCC4)cc3)C(=O)O2)cc1. The number of esters is 1. The second kappa shape index (κ2) is 7.63. The molecule has 2 aromatic carbocycles. The largest absolute Gasteiger partial charge is 0.497 e. The van der Waals surface area contributed by atoms with Crippen LogP contribution in [0.3, 0.4) is 0 Å². The molecule has 0 amide bonds. The van der Waals surface area contributed by atoms with Gasteiger partial charge in [0.25, 0.3) is 0 Å². The van der Waals surface area contributed by atoms with E-state index in [1.165, 1.54) is 0 Å². The predicted molar refractivity (Wildman–Crippen MR) is 103 cm³/mol. The van der Waals surface area contributed by atoms with Crippen molar-refractivity contribution in [3.8, 4) is 5.75 Å². The van der Waals surface area contributed by atoms with E-state index in [0.717, 1.165) is 48.9 Å². The molecule has 2 aliphatic rings. The molecule has 2 heterocycles. The first-order chi connectivity index (χ1) is 13.2. The van der Waals surface area contributed by atoms with Gasteiger partial charge in [-0.2, -0.15) is 0 Å². The molecule has 0 spiro atoms. The molecular weight excluding hydrogens is 344 g/mol. The molecule has 0 atom stereocenters. The lowest BCUT2D eigenvalue weighted by molar-refractivity contribution is -0.129. The molecule has 0 unspecified atom stereocenters. The third-order valence-electron chi connectivity index (χ3n) is 4.53. The fourth-order valence-corrected chi connectivity index (χ4v) is 3.03. The quantitative estimate of drug-likeness (QED) is 0.617. The highest BCUT2D eigenvalue weighted by Gasteiger charge is 2.24. The number of rotatable bonds is 4. The summed E-state index contributed by atoms with van der Waals surface area (Å²) in [7, 11) is 1.60. The van der Waals surface area contributed by atoms with Gasteiger partial charge in [0, 0.05) is 24.3 Å². The number of carbonyl (C=O) groups excluding carboxylic acids is 1. The Morgan fingerprint density at radius 1 is 1.04 bits per heavy atom. The number of methoxy groups -OCH3 is 1. The molecule has 1 fully saturated rings. The molecule has 4 rings (SSSR count). The Balaban J connectivity index is 1.52. The van der Waals surface area contributed by atoms with Gasteiger partial charge in [-0.25, -0.2) is 9.79 Å². The topological polar surface area (TPSA) is 60.4 Å². The minimum Gasteiger partial charge on any atom is -0.497 e. The van der Waals surface area contributed by atoms with Crippen LogP contribution in [0.15, 0.2) is 59.2 Å². The van der Waals surface area contributed by atoms with Gasteiger partial charge in [-0.15, -0.1) is 0 Å². The molecule has 0 aromatic heterocycles. The number of nitrogens with zero attached hydrogens (tertiary/aromatic N) is 2. The molecule has 6 nitrogen and oxygen atoms in total. The van der Waals surface area contributed by atoms with Crippen molar-refractivity contribution >= 4 is 23.6 Å². The van der Waals surface area contributed by atoms with Crippen LogP contribution < -0.4 is 9.64 Å². The molecule has 2 aliphatic heterocycles.